The number of hydrogen-bond donors (Lipinski definition) is 2. The summed E-state index contributed by atoms with van der Waals surface area (Å²) in [6.07, 6.45) is 4.08. The fourth-order valence-corrected chi connectivity index (χ4v) is 4.49. The Labute approximate surface area is 109 Å². The summed E-state index contributed by atoms with van der Waals surface area (Å²) in [7, 11) is -3.43. The van der Waals surface area contributed by atoms with E-state index in [2.05, 4.69) is 4.72 Å². The second-order valence-electron chi connectivity index (χ2n) is 5.09. The average molecular weight is 268 g/mol. The Morgan fingerprint density at radius 2 is 1.67 bits per heavy atom. The highest BCUT2D eigenvalue weighted by Gasteiger charge is 2.25. The van der Waals surface area contributed by atoms with Crippen molar-refractivity contribution < 1.29 is 8.42 Å². The summed E-state index contributed by atoms with van der Waals surface area (Å²) < 4.78 is 27.6. The van der Waals surface area contributed by atoms with Crippen molar-refractivity contribution in [2.45, 2.75) is 50.5 Å². The minimum Gasteiger partial charge on any atom is -0.399 e. The minimum atomic E-state index is -3.43. The maximum Gasteiger partial charge on any atom is 0.241 e. The molecule has 4 nitrogen and oxygen atoms in total. The quantitative estimate of drug-likeness (QED) is 0.825. The molecule has 5 heteroatoms. The molecule has 1 aliphatic rings. The Balaban J connectivity index is 2.34. The first-order valence-electron chi connectivity index (χ1n) is 6.29. The molecule has 1 aromatic rings. The van der Waals surface area contributed by atoms with Crippen molar-refractivity contribution in [2.75, 3.05) is 5.73 Å². The molecule has 0 radical (unpaired) electrons. The molecule has 0 aliphatic heterocycles. The number of nitrogens with one attached hydrogen (secondary N) is 1. The molecule has 1 aliphatic carbocycles. The largest absolute Gasteiger partial charge is 0.399 e. The molecule has 0 unspecified atom stereocenters. The number of nitrogen functional groups attached to an aromatic ring is 1. The van der Waals surface area contributed by atoms with E-state index in [1.807, 2.05) is 0 Å². The van der Waals surface area contributed by atoms with Crippen LogP contribution in [0.1, 0.15) is 36.8 Å². The molecule has 100 valence electrons. The molecular formula is C13H20N2O2S. The molecular weight excluding hydrogens is 248 g/mol. The van der Waals surface area contributed by atoms with Gasteiger partial charge in [-0.05, 0) is 49.9 Å². The Morgan fingerprint density at radius 1 is 1.17 bits per heavy atom. The van der Waals surface area contributed by atoms with E-state index in [0.29, 0.717) is 21.7 Å². The normalized spacial score (nSPS) is 17.2. The van der Waals surface area contributed by atoms with Crippen LogP contribution in [0.4, 0.5) is 5.69 Å². The smallest absolute Gasteiger partial charge is 0.241 e. The van der Waals surface area contributed by atoms with Crippen molar-refractivity contribution in [3.63, 3.8) is 0 Å². The number of aryl methyl sites for hydroxylation is 2. The highest BCUT2D eigenvalue weighted by molar-refractivity contribution is 7.89. The predicted molar refractivity (Wildman–Crippen MR) is 72.9 cm³/mol. The van der Waals surface area contributed by atoms with Gasteiger partial charge in [-0.3, -0.25) is 0 Å². The van der Waals surface area contributed by atoms with E-state index >= 15 is 0 Å². The van der Waals surface area contributed by atoms with Gasteiger partial charge in [-0.15, -0.1) is 0 Å². The van der Waals surface area contributed by atoms with Crippen LogP contribution in [-0.4, -0.2) is 14.5 Å². The van der Waals surface area contributed by atoms with E-state index in [-0.39, 0.29) is 6.04 Å². The van der Waals surface area contributed by atoms with Crippen LogP contribution in [0.2, 0.25) is 0 Å². The molecule has 0 spiro atoms. The predicted octanol–water partition coefficient (Wildman–Crippen LogP) is 2.11. The molecule has 1 fully saturated rings. The van der Waals surface area contributed by atoms with Crippen molar-refractivity contribution in [1.82, 2.24) is 4.72 Å². The summed E-state index contributed by atoms with van der Waals surface area (Å²) in [6, 6.07) is 3.50. The number of sulfonamides is 1. The van der Waals surface area contributed by atoms with Crippen LogP contribution >= 0.6 is 0 Å². The summed E-state index contributed by atoms with van der Waals surface area (Å²) in [5.74, 6) is 0. The van der Waals surface area contributed by atoms with E-state index in [0.717, 1.165) is 25.7 Å². The van der Waals surface area contributed by atoms with Gasteiger partial charge in [0.25, 0.3) is 0 Å². The van der Waals surface area contributed by atoms with Crippen LogP contribution in [0.25, 0.3) is 0 Å². The molecule has 0 bridgehead atoms. The third-order valence-corrected chi connectivity index (χ3v) is 5.25. The molecule has 0 amide bonds. The first-order chi connectivity index (χ1) is 8.40. The van der Waals surface area contributed by atoms with Gasteiger partial charge in [-0.2, -0.15) is 0 Å². The van der Waals surface area contributed by atoms with Gasteiger partial charge in [-0.25, -0.2) is 13.1 Å². The first kappa shape index (κ1) is 13.4. The maximum atomic E-state index is 12.4. The van der Waals surface area contributed by atoms with Crippen LogP contribution in [0.5, 0.6) is 0 Å². The third kappa shape index (κ3) is 2.67. The van der Waals surface area contributed by atoms with Gasteiger partial charge in [0, 0.05) is 11.7 Å². The molecule has 2 rings (SSSR count). The van der Waals surface area contributed by atoms with E-state index in [1.54, 1.807) is 26.0 Å². The van der Waals surface area contributed by atoms with Gasteiger partial charge in [0.2, 0.25) is 10.0 Å². The summed E-state index contributed by atoms with van der Waals surface area (Å²) >= 11 is 0. The number of benzene rings is 1. The van der Waals surface area contributed by atoms with E-state index in [9.17, 15) is 8.42 Å². The van der Waals surface area contributed by atoms with E-state index < -0.39 is 10.0 Å². The summed E-state index contributed by atoms with van der Waals surface area (Å²) in [5.41, 5.74) is 7.73. The number of nitrogens with two attached hydrogens (primary N) is 1. The molecule has 1 saturated carbocycles. The van der Waals surface area contributed by atoms with Crippen LogP contribution < -0.4 is 10.5 Å². The van der Waals surface area contributed by atoms with Gasteiger partial charge < -0.3 is 5.73 Å². The summed E-state index contributed by atoms with van der Waals surface area (Å²) in [6.45, 7) is 3.57. The van der Waals surface area contributed by atoms with Crippen molar-refractivity contribution in [3.05, 3.63) is 23.3 Å². The first-order valence-corrected chi connectivity index (χ1v) is 7.77. The summed E-state index contributed by atoms with van der Waals surface area (Å²) in [5, 5.41) is 0. The van der Waals surface area contributed by atoms with Gasteiger partial charge in [0.05, 0.1) is 4.90 Å². The lowest BCUT2D eigenvalue weighted by Crippen LogP contribution is -2.33. The fraction of sp³-hybridized carbons (Fsp3) is 0.538. The molecule has 3 N–H and O–H groups in total. The Hall–Kier alpha value is -1.07. The molecule has 18 heavy (non-hydrogen) atoms. The average Bonchev–Trinajstić information content (AvgIpc) is 2.66. The topological polar surface area (TPSA) is 72.2 Å². The summed E-state index contributed by atoms with van der Waals surface area (Å²) in [4.78, 5) is 0.378. The van der Waals surface area contributed by atoms with Gasteiger partial charge in [-0.1, -0.05) is 12.8 Å². The zero-order valence-electron chi connectivity index (χ0n) is 10.9. The van der Waals surface area contributed by atoms with E-state index in [4.69, 9.17) is 5.73 Å². The van der Waals surface area contributed by atoms with Crippen LogP contribution in [0.15, 0.2) is 17.0 Å². The SMILES string of the molecule is Cc1cc(N)cc(C)c1S(=O)(=O)NC1CCCC1. The lowest BCUT2D eigenvalue weighted by atomic mass is 10.1. The molecule has 0 aromatic heterocycles. The third-order valence-electron chi connectivity index (χ3n) is 3.43. The van der Waals surface area contributed by atoms with Crippen molar-refractivity contribution >= 4 is 15.7 Å². The zero-order valence-corrected chi connectivity index (χ0v) is 11.7. The monoisotopic (exact) mass is 268 g/mol. The standard InChI is InChI=1S/C13H20N2O2S/c1-9-7-11(14)8-10(2)13(9)18(16,17)15-12-5-3-4-6-12/h7-8,12,15H,3-6,14H2,1-2H3. The Bertz CT molecular complexity index is 523. The Kier molecular flexibility index (Phi) is 3.64. The van der Waals surface area contributed by atoms with Crippen molar-refractivity contribution in [2.24, 2.45) is 0 Å². The zero-order chi connectivity index (χ0) is 13.3. The van der Waals surface area contributed by atoms with E-state index in [1.165, 1.54) is 0 Å². The highest BCUT2D eigenvalue weighted by Crippen LogP contribution is 2.25. The fourth-order valence-electron chi connectivity index (χ4n) is 2.73. The second-order valence-corrected chi connectivity index (χ2v) is 6.74. The second kappa shape index (κ2) is 4.90. The minimum absolute atomic E-state index is 0.0892. The van der Waals surface area contributed by atoms with Crippen LogP contribution in [0, 0.1) is 13.8 Å². The molecule has 0 heterocycles. The van der Waals surface area contributed by atoms with Gasteiger partial charge >= 0.3 is 0 Å². The molecule has 1 aromatic carbocycles. The number of hydrogen-bond acceptors (Lipinski definition) is 3. The Morgan fingerprint density at radius 3 is 2.17 bits per heavy atom. The van der Waals surface area contributed by atoms with Gasteiger partial charge in [0.1, 0.15) is 0 Å². The number of rotatable bonds is 3. The molecule has 0 saturated heterocycles. The number of anilines is 1. The molecule has 0 atom stereocenters. The lowest BCUT2D eigenvalue weighted by Gasteiger charge is -2.16. The van der Waals surface area contributed by atoms with Gasteiger partial charge in [0.15, 0.2) is 0 Å². The maximum absolute atomic E-state index is 12.4. The van der Waals surface area contributed by atoms with Crippen LogP contribution in [0.3, 0.4) is 0 Å². The highest BCUT2D eigenvalue weighted by atomic mass is 32.2. The van der Waals surface area contributed by atoms with Crippen molar-refractivity contribution in [1.29, 1.82) is 0 Å². The van der Waals surface area contributed by atoms with Crippen LogP contribution in [-0.2, 0) is 10.0 Å². The van der Waals surface area contributed by atoms with Crippen molar-refractivity contribution in [3.8, 4) is 0 Å². The lowest BCUT2D eigenvalue weighted by molar-refractivity contribution is 0.551.